The van der Waals surface area contributed by atoms with Gasteiger partial charge in [-0.05, 0) is 67.7 Å². The highest BCUT2D eigenvalue weighted by atomic mass is 32.2. The number of fused-ring (bicyclic) bond motifs is 4. The summed E-state index contributed by atoms with van der Waals surface area (Å²) in [4.78, 5) is 13.1. The van der Waals surface area contributed by atoms with Crippen LogP contribution >= 0.6 is 7.82 Å². The molecule has 38 heavy (non-hydrogen) atoms. The van der Waals surface area contributed by atoms with Crippen molar-refractivity contribution in [2.45, 2.75) is 102 Å². The molecule has 2 aliphatic carbocycles. The topological polar surface area (TPSA) is 150 Å². The zero-order valence-electron chi connectivity index (χ0n) is 23.4. The molecule has 2 aromatic rings. The van der Waals surface area contributed by atoms with Gasteiger partial charge in [0.05, 0.1) is 47.1 Å². The number of rotatable bonds is 7. The molecule has 0 radical (unpaired) electrons. The van der Waals surface area contributed by atoms with Gasteiger partial charge >= 0.3 is 7.82 Å². The summed E-state index contributed by atoms with van der Waals surface area (Å²) >= 11 is 0. The van der Waals surface area contributed by atoms with Gasteiger partial charge in [-0.3, -0.25) is 17.8 Å². The molecule has 2 aromatic heterocycles. The predicted molar refractivity (Wildman–Crippen MR) is 141 cm³/mol. The van der Waals surface area contributed by atoms with Crippen molar-refractivity contribution in [1.82, 2.24) is 19.5 Å². The zero-order valence-corrected chi connectivity index (χ0v) is 25.1. The van der Waals surface area contributed by atoms with E-state index >= 15 is 0 Å². The van der Waals surface area contributed by atoms with Crippen LogP contribution in [0.4, 0.5) is 5.82 Å². The van der Waals surface area contributed by atoms with Crippen LogP contribution in [-0.2, 0) is 38.4 Å². The van der Waals surface area contributed by atoms with Gasteiger partial charge in [-0.15, -0.1) is 0 Å². The summed E-state index contributed by atoms with van der Waals surface area (Å²) in [6, 6.07) is -0.214. The summed E-state index contributed by atoms with van der Waals surface area (Å²) in [6.45, 7) is 14.7. The van der Waals surface area contributed by atoms with Crippen molar-refractivity contribution < 1.29 is 31.8 Å². The number of nitrogens with two attached hydrogens (primary N) is 1. The van der Waals surface area contributed by atoms with Gasteiger partial charge in [0, 0.05) is 11.7 Å². The fraction of sp³-hybridized carbons (Fsp3) is 0.792. The lowest BCUT2D eigenvalue weighted by atomic mass is 10.0. The third-order valence-corrected chi connectivity index (χ3v) is 9.58. The Morgan fingerprint density at radius 3 is 2.37 bits per heavy atom. The van der Waals surface area contributed by atoms with E-state index < -0.39 is 41.0 Å². The Kier molecular flexibility index (Phi) is 6.47. The number of anilines is 1. The van der Waals surface area contributed by atoms with Crippen LogP contribution in [0.3, 0.4) is 0 Å². The maximum atomic E-state index is 13.8. The molecule has 3 fully saturated rings. The number of imidazole rings is 1. The van der Waals surface area contributed by atoms with Crippen LogP contribution in [0.1, 0.15) is 67.9 Å². The van der Waals surface area contributed by atoms with E-state index in [1.165, 1.54) is 6.26 Å². The second kappa shape index (κ2) is 8.76. The van der Waals surface area contributed by atoms with Crippen molar-refractivity contribution >= 4 is 35.6 Å². The summed E-state index contributed by atoms with van der Waals surface area (Å²) in [5.74, 6) is -0.611. The Balaban J connectivity index is 1.50. The molecule has 212 valence electrons. The number of phosphoric ester groups is 1. The van der Waals surface area contributed by atoms with Crippen molar-refractivity contribution in [3.63, 3.8) is 0 Å². The van der Waals surface area contributed by atoms with E-state index in [2.05, 4.69) is 15.0 Å². The highest BCUT2D eigenvalue weighted by molar-refractivity contribution is 7.84. The lowest BCUT2D eigenvalue weighted by Crippen LogP contribution is -2.34. The van der Waals surface area contributed by atoms with Gasteiger partial charge in [-0.25, -0.2) is 19.5 Å². The number of aromatic nitrogens is 4. The van der Waals surface area contributed by atoms with E-state index in [0.717, 1.165) is 6.42 Å². The van der Waals surface area contributed by atoms with E-state index in [0.29, 0.717) is 11.2 Å². The lowest BCUT2D eigenvalue weighted by molar-refractivity contribution is -0.163. The monoisotopic (exact) mass is 571 g/mol. The fourth-order valence-electron chi connectivity index (χ4n) is 5.66. The average molecular weight is 572 g/mol. The van der Waals surface area contributed by atoms with E-state index in [9.17, 15) is 8.77 Å². The van der Waals surface area contributed by atoms with Crippen molar-refractivity contribution in [3.05, 3.63) is 6.33 Å². The number of phosphoric acid groups is 1. The fourth-order valence-corrected chi connectivity index (χ4v) is 7.98. The molecule has 5 rings (SSSR count). The van der Waals surface area contributed by atoms with Crippen molar-refractivity contribution in [2.24, 2.45) is 11.3 Å². The number of hydrogen-bond acceptors (Lipinski definition) is 11. The number of ether oxygens (including phenoxy) is 2. The quantitative estimate of drug-likeness (QED) is 0.380. The summed E-state index contributed by atoms with van der Waals surface area (Å²) < 4.78 is 58.4. The number of hydrogen-bond donors (Lipinski definition) is 1. The van der Waals surface area contributed by atoms with Crippen LogP contribution in [0.5, 0.6) is 0 Å². The molecule has 1 aliphatic heterocycles. The molecule has 0 aromatic carbocycles. The molecule has 1 saturated heterocycles. The first kappa shape index (κ1) is 28.1. The standard InChI is InChI=1S/C24H38N5O7PS/c1-21(2,3)35-37(30,36-22(4,5)6)32-11-24-10-13(24)15(16-17(24)34-23(7,8)33-16)29-12-26-14-18(25)27-20(38(9)31)28-19(14)29/h12-13,15-17H,10-11H2,1-9H3,(H2,25,27,28)/t13-,15-,16+,17+,24+,38?/m1/s1. The van der Waals surface area contributed by atoms with Gasteiger partial charge < -0.3 is 19.8 Å². The third kappa shape index (κ3) is 5.07. The Morgan fingerprint density at radius 1 is 1.16 bits per heavy atom. The molecule has 0 bridgehead atoms. The Bertz CT molecular complexity index is 1320. The highest BCUT2D eigenvalue weighted by Crippen LogP contribution is 2.73. The maximum Gasteiger partial charge on any atom is 0.475 e. The van der Waals surface area contributed by atoms with Gasteiger partial charge in [0.1, 0.15) is 11.6 Å². The molecule has 6 atom stereocenters. The molecule has 3 heterocycles. The maximum absolute atomic E-state index is 13.8. The highest BCUT2D eigenvalue weighted by Gasteiger charge is 2.76. The first-order valence-corrected chi connectivity index (χ1v) is 15.7. The number of nitrogen functional groups attached to an aromatic ring is 1. The van der Waals surface area contributed by atoms with Crippen molar-refractivity contribution in [2.75, 3.05) is 18.6 Å². The van der Waals surface area contributed by atoms with Gasteiger partial charge in [-0.1, -0.05) is 0 Å². The second-order valence-corrected chi connectivity index (χ2v) is 15.6. The predicted octanol–water partition coefficient (Wildman–Crippen LogP) is 3.98. The van der Waals surface area contributed by atoms with E-state index in [1.807, 2.05) is 18.4 Å². The lowest BCUT2D eigenvalue weighted by Gasteiger charge is -2.32. The van der Waals surface area contributed by atoms with Gasteiger partial charge in [0.15, 0.2) is 17.3 Å². The molecule has 3 aliphatic rings. The van der Waals surface area contributed by atoms with Crippen molar-refractivity contribution in [1.29, 1.82) is 0 Å². The molecule has 2 N–H and O–H groups in total. The third-order valence-electron chi connectivity index (χ3n) is 6.89. The first-order valence-electron chi connectivity index (χ1n) is 12.7. The van der Waals surface area contributed by atoms with Crippen LogP contribution in [0.15, 0.2) is 11.5 Å². The largest absolute Gasteiger partial charge is 0.475 e. The van der Waals surface area contributed by atoms with E-state index in [1.54, 1.807) is 47.9 Å². The number of nitrogens with zero attached hydrogens (tertiary/aromatic N) is 4. The Hall–Kier alpha value is -1.47. The Morgan fingerprint density at radius 2 is 1.79 bits per heavy atom. The molecule has 0 spiro atoms. The van der Waals surface area contributed by atoms with E-state index in [-0.39, 0.29) is 41.7 Å². The van der Waals surface area contributed by atoms with Crippen LogP contribution in [0.2, 0.25) is 0 Å². The molecule has 2 saturated carbocycles. The molecule has 1 unspecified atom stereocenters. The normalized spacial score (nSPS) is 31.4. The second-order valence-electron chi connectivity index (χ2n) is 12.9. The smallest absolute Gasteiger partial charge is 0.382 e. The van der Waals surface area contributed by atoms with Crippen LogP contribution < -0.4 is 5.73 Å². The Labute approximate surface area is 225 Å². The van der Waals surface area contributed by atoms with Crippen LogP contribution in [0, 0.1) is 11.3 Å². The van der Waals surface area contributed by atoms with Gasteiger partial charge in [0.2, 0.25) is 5.16 Å². The summed E-state index contributed by atoms with van der Waals surface area (Å²) in [6.07, 6.45) is 3.24. The summed E-state index contributed by atoms with van der Waals surface area (Å²) in [5, 5.41) is 0.139. The summed E-state index contributed by atoms with van der Waals surface area (Å²) in [5.41, 5.74) is 5.08. The molecule has 0 amide bonds. The minimum atomic E-state index is -3.93. The minimum absolute atomic E-state index is 0.0514. The minimum Gasteiger partial charge on any atom is -0.382 e. The molecular weight excluding hydrogens is 533 g/mol. The van der Waals surface area contributed by atoms with Crippen LogP contribution in [-0.4, -0.2) is 65.8 Å². The van der Waals surface area contributed by atoms with Crippen LogP contribution in [0.25, 0.3) is 11.2 Å². The average Bonchev–Trinajstić information content (AvgIpc) is 2.98. The van der Waals surface area contributed by atoms with Gasteiger partial charge in [-0.2, -0.15) is 0 Å². The van der Waals surface area contributed by atoms with Gasteiger partial charge in [0.25, 0.3) is 0 Å². The molecule has 14 heteroatoms. The molecule has 12 nitrogen and oxygen atoms in total. The zero-order chi connectivity index (χ0) is 28.1. The SMILES string of the molecule is CS(=O)c1nc(N)c2ncn([C@H]3[C@@H]4OC(C)(C)O[C@@H]4[C@]4(COP(=O)(OC(C)(C)C)OC(C)(C)C)C[C@H]34)c2n1. The summed E-state index contributed by atoms with van der Waals surface area (Å²) in [7, 11) is -5.35. The first-order chi connectivity index (χ1) is 17.3. The molecular formula is C24H38N5O7PS. The van der Waals surface area contributed by atoms with E-state index in [4.69, 9.17) is 28.8 Å². The van der Waals surface area contributed by atoms with Crippen molar-refractivity contribution in [3.8, 4) is 0 Å².